The third-order valence-corrected chi connectivity index (χ3v) is 9.25. The molecule has 0 spiro atoms. The summed E-state index contributed by atoms with van der Waals surface area (Å²) in [5.74, 6) is 0. The molecule has 2 aliphatic heterocycles. The van der Waals surface area contributed by atoms with Crippen LogP contribution >= 0.6 is 0 Å². The molecule has 0 bridgehead atoms. The van der Waals surface area contributed by atoms with Gasteiger partial charge in [0, 0.05) is 26.2 Å². The van der Waals surface area contributed by atoms with Gasteiger partial charge in [0.05, 0.1) is 38.5 Å². The minimum absolute atomic E-state index is 0.369. The van der Waals surface area contributed by atoms with Crippen molar-refractivity contribution >= 4 is 11.2 Å². The van der Waals surface area contributed by atoms with Crippen LogP contribution in [0, 0.1) is 0 Å². The summed E-state index contributed by atoms with van der Waals surface area (Å²) in [7, 11) is 0. The smallest absolute Gasteiger partial charge is 0.131 e. The van der Waals surface area contributed by atoms with Crippen LogP contribution in [-0.2, 0) is 20.6 Å². The van der Waals surface area contributed by atoms with Crippen molar-refractivity contribution in [1.82, 2.24) is 9.80 Å². The third-order valence-electron chi connectivity index (χ3n) is 6.96. The van der Waals surface area contributed by atoms with Crippen LogP contribution in [0.2, 0.25) is 0 Å². The standard InChI is InChI=1S/C20H36N2O3S/c23-26(19-7-3-1-5-17(19)21-9-13-24-14-10-21)20-8-4-2-6-18(20)22-11-15-25-16-12-22/h17-20H,1-16H2. The summed E-state index contributed by atoms with van der Waals surface area (Å²) in [6.45, 7) is 7.47. The lowest BCUT2D eigenvalue weighted by atomic mass is 9.92. The SMILES string of the molecule is [O-][S+](C1CCCCC1N1CCOCC1)C1CCCCC1N1CCOCC1. The van der Waals surface area contributed by atoms with E-state index in [0.717, 1.165) is 65.4 Å². The highest BCUT2D eigenvalue weighted by atomic mass is 32.2. The molecule has 6 heteroatoms. The van der Waals surface area contributed by atoms with Crippen LogP contribution in [0.1, 0.15) is 51.4 Å². The monoisotopic (exact) mass is 384 g/mol. The van der Waals surface area contributed by atoms with E-state index in [1.807, 2.05) is 0 Å². The summed E-state index contributed by atoms with van der Waals surface area (Å²) >= 11 is -0.721. The molecule has 0 aromatic heterocycles. The Bertz CT molecular complexity index is 391. The van der Waals surface area contributed by atoms with Gasteiger partial charge in [-0.2, -0.15) is 0 Å². The highest BCUT2D eigenvalue weighted by molar-refractivity contribution is 7.92. The van der Waals surface area contributed by atoms with Gasteiger partial charge in [-0.3, -0.25) is 9.80 Å². The van der Waals surface area contributed by atoms with E-state index in [0.29, 0.717) is 22.6 Å². The summed E-state index contributed by atoms with van der Waals surface area (Å²) in [5, 5.41) is 0.738. The maximum atomic E-state index is 13.9. The Kier molecular flexibility index (Phi) is 7.16. The second-order valence-corrected chi connectivity index (χ2v) is 10.3. The van der Waals surface area contributed by atoms with Crippen molar-refractivity contribution in [3.05, 3.63) is 0 Å². The minimum atomic E-state index is -0.721. The first-order chi connectivity index (χ1) is 12.8. The summed E-state index contributed by atoms with van der Waals surface area (Å²) < 4.78 is 25.0. The fourth-order valence-electron chi connectivity index (χ4n) is 5.57. The molecule has 150 valence electrons. The summed E-state index contributed by atoms with van der Waals surface area (Å²) in [6.07, 6.45) is 9.87. The van der Waals surface area contributed by atoms with Gasteiger partial charge in [-0.15, -0.1) is 0 Å². The summed E-state index contributed by atoms with van der Waals surface area (Å²) in [5.41, 5.74) is 0. The van der Waals surface area contributed by atoms with E-state index in [4.69, 9.17) is 9.47 Å². The first-order valence-corrected chi connectivity index (χ1v) is 12.1. The number of morpholine rings is 2. The second kappa shape index (κ2) is 9.57. The summed E-state index contributed by atoms with van der Waals surface area (Å²) in [4.78, 5) is 5.19. The molecule has 4 rings (SSSR count). The Hall–Kier alpha value is 0.150. The van der Waals surface area contributed by atoms with Crippen molar-refractivity contribution in [2.45, 2.75) is 74.0 Å². The second-order valence-electron chi connectivity index (χ2n) is 8.41. The average molecular weight is 385 g/mol. The Morgan fingerprint density at radius 2 is 1.00 bits per heavy atom. The molecule has 26 heavy (non-hydrogen) atoms. The summed E-state index contributed by atoms with van der Waals surface area (Å²) in [6, 6.07) is 1.03. The zero-order chi connectivity index (χ0) is 17.8. The molecule has 2 aliphatic carbocycles. The molecule has 4 unspecified atom stereocenters. The molecule has 4 atom stereocenters. The lowest BCUT2D eigenvalue weighted by Crippen LogP contribution is -2.58. The quantitative estimate of drug-likeness (QED) is 0.694. The van der Waals surface area contributed by atoms with Gasteiger partial charge in [-0.25, -0.2) is 0 Å². The first-order valence-electron chi connectivity index (χ1n) is 10.9. The van der Waals surface area contributed by atoms with Gasteiger partial charge in [0.2, 0.25) is 0 Å². The van der Waals surface area contributed by atoms with Crippen LogP contribution in [0.3, 0.4) is 0 Å². The van der Waals surface area contributed by atoms with Crippen LogP contribution in [0.25, 0.3) is 0 Å². The molecular formula is C20H36N2O3S. The topological polar surface area (TPSA) is 48.0 Å². The highest BCUT2D eigenvalue weighted by Gasteiger charge is 2.46. The molecule has 2 saturated heterocycles. The van der Waals surface area contributed by atoms with Crippen molar-refractivity contribution in [2.75, 3.05) is 52.6 Å². The van der Waals surface area contributed by atoms with Crippen LogP contribution in [0.15, 0.2) is 0 Å². The minimum Gasteiger partial charge on any atom is -0.616 e. The predicted octanol–water partition coefficient (Wildman–Crippen LogP) is 2.02. The Labute approximate surface area is 161 Å². The predicted molar refractivity (Wildman–Crippen MR) is 105 cm³/mol. The van der Waals surface area contributed by atoms with Gasteiger partial charge in [-0.05, 0) is 49.7 Å². The normalized spacial score (nSPS) is 39.6. The van der Waals surface area contributed by atoms with Crippen LogP contribution in [0.5, 0.6) is 0 Å². The van der Waals surface area contributed by atoms with Gasteiger partial charge >= 0.3 is 0 Å². The van der Waals surface area contributed by atoms with E-state index < -0.39 is 11.2 Å². The molecule has 2 heterocycles. The van der Waals surface area contributed by atoms with Crippen molar-refractivity contribution in [3.63, 3.8) is 0 Å². The maximum absolute atomic E-state index is 13.9. The number of hydrogen-bond donors (Lipinski definition) is 0. The van der Waals surface area contributed by atoms with Crippen LogP contribution in [0.4, 0.5) is 0 Å². The number of ether oxygens (including phenoxy) is 2. The van der Waals surface area contributed by atoms with E-state index in [-0.39, 0.29) is 0 Å². The van der Waals surface area contributed by atoms with Crippen molar-refractivity contribution in [3.8, 4) is 0 Å². The number of nitrogens with zero attached hydrogens (tertiary/aromatic N) is 2. The lowest BCUT2D eigenvalue weighted by molar-refractivity contribution is 0.00647. The molecule has 0 radical (unpaired) electrons. The molecule has 0 N–H and O–H groups in total. The largest absolute Gasteiger partial charge is 0.616 e. The molecule has 4 fully saturated rings. The molecule has 0 aromatic carbocycles. The number of rotatable bonds is 4. The van der Waals surface area contributed by atoms with Gasteiger partial charge < -0.3 is 14.0 Å². The van der Waals surface area contributed by atoms with E-state index >= 15 is 0 Å². The molecule has 5 nitrogen and oxygen atoms in total. The average Bonchev–Trinajstić information content (AvgIpc) is 2.74. The molecule has 0 amide bonds. The Morgan fingerprint density at radius 1 is 0.615 bits per heavy atom. The van der Waals surface area contributed by atoms with E-state index in [9.17, 15) is 4.55 Å². The van der Waals surface area contributed by atoms with Gasteiger partial charge in [0.25, 0.3) is 0 Å². The van der Waals surface area contributed by atoms with Crippen molar-refractivity contribution in [1.29, 1.82) is 0 Å². The first kappa shape index (κ1) is 19.5. The van der Waals surface area contributed by atoms with E-state index in [1.165, 1.54) is 38.5 Å². The zero-order valence-electron chi connectivity index (χ0n) is 16.2. The third kappa shape index (κ3) is 4.41. The van der Waals surface area contributed by atoms with Crippen molar-refractivity contribution in [2.24, 2.45) is 0 Å². The molecular weight excluding hydrogens is 348 g/mol. The van der Waals surface area contributed by atoms with E-state index in [2.05, 4.69) is 9.80 Å². The maximum Gasteiger partial charge on any atom is 0.131 e. The molecule has 2 saturated carbocycles. The lowest BCUT2D eigenvalue weighted by Gasteiger charge is -2.47. The Balaban J connectivity index is 1.46. The fourth-order valence-corrected chi connectivity index (χ4v) is 8.06. The van der Waals surface area contributed by atoms with Crippen LogP contribution < -0.4 is 0 Å². The number of hydrogen-bond acceptors (Lipinski definition) is 5. The van der Waals surface area contributed by atoms with Crippen LogP contribution in [-0.4, -0.2) is 89.5 Å². The zero-order valence-corrected chi connectivity index (χ0v) is 17.0. The van der Waals surface area contributed by atoms with Crippen molar-refractivity contribution < 1.29 is 14.0 Å². The molecule has 0 aromatic rings. The fraction of sp³-hybridized carbons (Fsp3) is 1.00. The Morgan fingerprint density at radius 3 is 1.42 bits per heavy atom. The molecule has 4 aliphatic rings. The van der Waals surface area contributed by atoms with Gasteiger partial charge in [-0.1, -0.05) is 12.8 Å². The van der Waals surface area contributed by atoms with Gasteiger partial charge in [0.1, 0.15) is 10.5 Å². The van der Waals surface area contributed by atoms with Gasteiger partial charge in [0.15, 0.2) is 0 Å². The van der Waals surface area contributed by atoms with E-state index in [1.54, 1.807) is 0 Å². The highest BCUT2D eigenvalue weighted by Crippen LogP contribution is 2.36.